The third kappa shape index (κ3) is 8.46. The molecule has 2 heterocycles. The van der Waals surface area contributed by atoms with Crippen LogP contribution < -0.4 is 9.80 Å². The molecule has 0 atom stereocenters. The Hall–Kier alpha value is -3.61. The van der Waals surface area contributed by atoms with Gasteiger partial charge in [0.05, 0.1) is 0 Å². The van der Waals surface area contributed by atoms with Crippen molar-refractivity contribution < 1.29 is 13.5 Å². The number of anilines is 2. The van der Waals surface area contributed by atoms with E-state index in [1.54, 1.807) is 14.1 Å². The Morgan fingerprint density at radius 2 is 1.05 bits per heavy atom. The minimum atomic E-state index is -1.61. The van der Waals surface area contributed by atoms with Crippen LogP contribution in [0.1, 0.15) is 27.8 Å². The first kappa shape index (κ1) is 32.9. The summed E-state index contributed by atoms with van der Waals surface area (Å²) in [5.74, 6) is 0. The molecule has 0 saturated carbocycles. The van der Waals surface area contributed by atoms with Gasteiger partial charge in [0, 0.05) is 37.9 Å². The SMILES string of the molecule is CN1[C]N(C)C(C#N)=C1C#N.Cc1cccc(C)c1N1[C]N(c2c(C)cccc2C)C=C1.[Cl][Ru]([Cl])=[CH]c1ccccc1. The van der Waals surface area contributed by atoms with Crippen LogP contribution in [0.15, 0.2) is 90.5 Å². The van der Waals surface area contributed by atoms with E-state index in [-0.39, 0.29) is 0 Å². The zero-order chi connectivity index (χ0) is 30.8. The maximum atomic E-state index is 8.59. The first-order chi connectivity index (χ1) is 20.1. The molecule has 3 aromatic carbocycles. The monoisotopic (exact) mass is 684 g/mol. The summed E-state index contributed by atoms with van der Waals surface area (Å²) in [6.07, 6.45) is 4.14. The first-order valence-corrected chi connectivity index (χ1v) is 18.4. The maximum absolute atomic E-state index is 8.59. The number of nitrogens with zero attached hydrogens (tertiary/aromatic N) is 6. The molecule has 6 nitrogen and oxygen atoms in total. The molecule has 0 bridgehead atoms. The van der Waals surface area contributed by atoms with Gasteiger partial charge in [0.1, 0.15) is 12.1 Å². The third-order valence-electron chi connectivity index (χ3n) is 6.34. The molecule has 9 heteroatoms. The van der Waals surface area contributed by atoms with Gasteiger partial charge in [-0.05, 0) is 49.9 Å². The molecule has 2 aliphatic rings. The van der Waals surface area contributed by atoms with E-state index in [0.717, 1.165) is 5.56 Å². The molecule has 0 N–H and O–H groups in total. The second-order valence-corrected chi connectivity index (χ2v) is 15.2. The van der Waals surface area contributed by atoms with Gasteiger partial charge in [-0.2, -0.15) is 10.5 Å². The fraction of sp³-hybridized carbons (Fsp3) is 0.182. The molecular formula is C33H32Cl2N6Ru. The van der Waals surface area contributed by atoms with E-state index in [0.29, 0.717) is 11.4 Å². The number of benzene rings is 3. The molecular weight excluding hydrogens is 652 g/mol. The van der Waals surface area contributed by atoms with Crippen LogP contribution in [0, 0.1) is 63.7 Å². The summed E-state index contributed by atoms with van der Waals surface area (Å²) >= 11 is -1.61. The number of hydrogen-bond acceptors (Lipinski definition) is 6. The van der Waals surface area contributed by atoms with Crippen molar-refractivity contribution in [2.75, 3.05) is 23.9 Å². The second-order valence-electron chi connectivity index (χ2n) is 9.48. The molecule has 216 valence electrons. The molecule has 0 amide bonds. The molecule has 0 spiro atoms. The Labute approximate surface area is 263 Å². The summed E-state index contributed by atoms with van der Waals surface area (Å²) < 4.78 is 1.92. The summed E-state index contributed by atoms with van der Waals surface area (Å²) in [4.78, 5) is 7.16. The standard InChI is InChI=1S/C19H20N2.C7H6N4.C7H6.2ClH.Ru/c1-14-7-5-8-15(2)18(14)20-11-12-21(13-20)19-16(3)9-6-10-17(19)4;1-10-5-11(2)7(4-9)6(10)3-8;1-7-5-3-2-4-6-7;;;/h5-12H,1-4H3;1-2H3;1-6H;2*1H;/q;;;;;+2/p-2. The molecule has 0 aromatic heterocycles. The van der Waals surface area contributed by atoms with Gasteiger partial charge in [0.25, 0.3) is 0 Å². The fourth-order valence-corrected chi connectivity index (χ4v) is 6.27. The van der Waals surface area contributed by atoms with Gasteiger partial charge in [0.2, 0.25) is 13.3 Å². The first-order valence-electron chi connectivity index (χ1n) is 12.9. The third-order valence-corrected chi connectivity index (χ3v) is 8.21. The zero-order valence-electron chi connectivity index (χ0n) is 24.4. The summed E-state index contributed by atoms with van der Waals surface area (Å²) in [5.41, 5.74) is 9.26. The van der Waals surface area contributed by atoms with Crippen molar-refractivity contribution >= 4 is 35.4 Å². The van der Waals surface area contributed by atoms with Crippen LogP contribution in [0.4, 0.5) is 11.4 Å². The van der Waals surface area contributed by atoms with E-state index in [1.807, 2.05) is 47.1 Å². The van der Waals surface area contributed by atoms with Gasteiger partial charge in [-0.15, -0.1) is 0 Å². The van der Waals surface area contributed by atoms with Crippen molar-refractivity contribution in [3.05, 3.63) is 132 Å². The fourth-order valence-electron chi connectivity index (χ4n) is 4.45. The van der Waals surface area contributed by atoms with Crippen LogP contribution in [-0.4, -0.2) is 28.5 Å². The average molecular weight is 685 g/mol. The van der Waals surface area contributed by atoms with Crippen LogP contribution in [0.25, 0.3) is 0 Å². The van der Waals surface area contributed by atoms with Gasteiger partial charge >= 0.3 is 73.4 Å². The van der Waals surface area contributed by atoms with Gasteiger partial charge in [-0.25, -0.2) is 0 Å². The van der Waals surface area contributed by atoms with Gasteiger partial charge in [-0.3, -0.25) is 0 Å². The number of para-hydroxylation sites is 2. The normalized spacial score (nSPS) is 14.0. The molecule has 0 unspecified atom stereocenters. The Balaban J connectivity index is 0.000000194. The topological polar surface area (TPSA) is 60.5 Å². The van der Waals surface area contributed by atoms with E-state index in [4.69, 9.17) is 29.9 Å². The summed E-state index contributed by atoms with van der Waals surface area (Å²) in [7, 11) is 14.7. The molecule has 2 aliphatic heterocycles. The van der Waals surface area contributed by atoms with Crippen molar-refractivity contribution in [1.82, 2.24) is 9.80 Å². The van der Waals surface area contributed by atoms with E-state index in [2.05, 4.69) is 99.6 Å². The van der Waals surface area contributed by atoms with E-state index >= 15 is 0 Å². The van der Waals surface area contributed by atoms with Crippen LogP contribution in [0.3, 0.4) is 0 Å². The molecule has 0 saturated heterocycles. The van der Waals surface area contributed by atoms with Crippen LogP contribution in [-0.2, 0) is 13.5 Å². The van der Waals surface area contributed by atoms with Crippen LogP contribution in [0.2, 0.25) is 0 Å². The number of rotatable bonds is 3. The Bertz CT molecular complexity index is 1440. The Kier molecular flexibility index (Phi) is 12.2. The molecule has 4 radical (unpaired) electrons. The van der Waals surface area contributed by atoms with Gasteiger partial charge in [0.15, 0.2) is 11.4 Å². The summed E-state index contributed by atoms with van der Waals surface area (Å²) in [5, 5.41) is 17.2. The van der Waals surface area contributed by atoms with Gasteiger partial charge in [-0.1, -0.05) is 36.4 Å². The summed E-state index contributed by atoms with van der Waals surface area (Å²) in [6.45, 7) is 14.8. The summed E-state index contributed by atoms with van der Waals surface area (Å²) in [6, 6.07) is 26.5. The van der Waals surface area contributed by atoms with Crippen molar-refractivity contribution in [3.8, 4) is 12.1 Å². The number of halogens is 2. The molecule has 3 aromatic rings. The molecule has 0 fully saturated rings. The second kappa shape index (κ2) is 15.6. The zero-order valence-corrected chi connectivity index (χ0v) is 27.6. The van der Waals surface area contributed by atoms with E-state index < -0.39 is 13.5 Å². The van der Waals surface area contributed by atoms with Crippen molar-refractivity contribution in [2.24, 2.45) is 0 Å². The van der Waals surface area contributed by atoms with Crippen molar-refractivity contribution in [1.29, 1.82) is 10.5 Å². The van der Waals surface area contributed by atoms with E-state index in [1.165, 1.54) is 43.4 Å². The van der Waals surface area contributed by atoms with Crippen LogP contribution in [0.5, 0.6) is 0 Å². The number of nitriles is 2. The predicted molar refractivity (Wildman–Crippen MR) is 170 cm³/mol. The predicted octanol–water partition coefficient (Wildman–Crippen LogP) is 7.60. The minimum absolute atomic E-state index is 0.343. The number of aryl methyl sites for hydroxylation is 4. The Morgan fingerprint density at radius 1 is 0.643 bits per heavy atom. The Morgan fingerprint density at radius 3 is 1.40 bits per heavy atom. The molecule has 5 rings (SSSR count). The average Bonchev–Trinajstić information content (AvgIpc) is 3.52. The quantitative estimate of drug-likeness (QED) is 0.265. The van der Waals surface area contributed by atoms with Crippen LogP contribution >= 0.6 is 19.4 Å². The van der Waals surface area contributed by atoms with E-state index in [9.17, 15) is 0 Å². The number of allylic oxidation sites excluding steroid dienone is 2. The van der Waals surface area contributed by atoms with Crippen molar-refractivity contribution in [3.63, 3.8) is 0 Å². The molecule has 0 aliphatic carbocycles. The number of hydrogen-bond donors (Lipinski definition) is 0. The van der Waals surface area contributed by atoms with Crippen molar-refractivity contribution in [2.45, 2.75) is 27.7 Å². The van der Waals surface area contributed by atoms with Gasteiger partial charge < -0.3 is 19.6 Å². The molecule has 42 heavy (non-hydrogen) atoms.